The number of hydrogen-bond donors (Lipinski definition) is 3. The number of nitrogens with one attached hydrogen (secondary N) is 2. The fraction of sp³-hybridized carbons (Fsp3) is 0.429. The van der Waals surface area contributed by atoms with Crippen molar-refractivity contribution >= 4 is 29.9 Å². The second-order valence-corrected chi connectivity index (χ2v) is 4.75. The van der Waals surface area contributed by atoms with Gasteiger partial charge >= 0.3 is 0 Å². The van der Waals surface area contributed by atoms with Crippen LogP contribution in [0.2, 0.25) is 0 Å². The Bertz CT molecular complexity index is 536. The molecule has 0 aromatic heterocycles. The van der Waals surface area contributed by atoms with Gasteiger partial charge in [-0.25, -0.2) is 0 Å². The normalized spacial score (nSPS) is 17.7. The third-order valence-corrected chi connectivity index (χ3v) is 3.26. The molecule has 6 nitrogen and oxygen atoms in total. The van der Waals surface area contributed by atoms with Gasteiger partial charge in [-0.2, -0.15) is 0 Å². The van der Waals surface area contributed by atoms with E-state index in [1.807, 2.05) is 26.0 Å². The predicted octanol–water partition coefficient (Wildman–Crippen LogP) is 1.35. The van der Waals surface area contributed by atoms with E-state index in [0.717, 1.165) is 5.56 Å². The van der Waals surface area contributed by atoms with Gasteiger partial charge in [0.25, 0.3) is 5.91 Å². The van der Waals surface area contributed by atoms with Crippen LogP contribution in [0.1, 0.15) is 31.9 Å². The van der Waals surface area contributed by atoms with Crippen LogP contribution < -0.4 is 21.1 Å². The molecule has 0 fully saturated rings. The summed E-state index contributed by atoms with van der Waals surface area (Å²) in [5.41, 5.74) is 6.83. The second-order valence-electron chi connectivity index (χ2n) is 4.75. The SMILES string of the molecule is CCC1Oc2cc(C(C)NC(=O)CN)ccc2NC1=O.Cl. The smallest absolute Gasteiger partial charge is 0.265 e. The molecule has 2 amide bonds. The van der Waals surface area contributed by atoms with Gasteiger partial charge in [-0.15, -0.1) is 12.4 Å². The average Bonchev–Trinajstić information content (AvgIpc) is 2.45. The summed E-state index contributed by atoms with van der Waals surface area (Å²) in [5, 5.41) is 5.59. The monoisotopic (exact) mass is 313 g/mol. The van der Waals surface area contributed by atoms with E-state index in [4.69, 9.17) is 10.5 Å². The Morgan fingerprint density at radius 1 is 1.52 bits per heavy atom. The van der Waals surface area contributed by atoms with E-state index in [1.54, 1.807) is 6.07 Å². The van der Waals surface area contributed by atoms with Crippen LogP contribution in [0.4, 0.5) is 5.69 Å². The number of hydrogen-bond acceptors (Lipinski definition) is 4. The number of anilines is 1. The Balaban J connectivity index is 0.00000220. The molecule has 1 aliphatic heterocycles. The van der Waals surface area contributed by atoms with Crippen molar-refractivity contribution in [1.29, 1.82) is 0 Å². The van der Waals surface area contributed by atoms with E-state index in [-0.39, 0.29) is 36.8 Å². The van der Waals surface area contributed by atoms with Crippen LogP contribution in [0.3, 0.4) is 0 Å². The highest BCUT2D eigenvalue weighted by Crippen LogP contribution is 2.32. The number of carbonyl (C=O) groups excluding carboxylic acids is 2. The molecule has 1 aromatic rings. The van der Waals surface area contributed by atoms with Crippen molar-refractivity contribution in [3.63, 3.8) is 0 Å². The summed E-state index contributed by atoms with van der Waals surface area (Å²) in [5.74, 6) is 0.288. The zero-order valence-electron chi connectivity index (χ0n) is 12.0. The zero-order chi connectivity index (χ0) is 14.7. The van der Waals surface area contributed by atoms with E-state index in [9.17, 15) is 9.59 Å². The molecule has 21 heavy (non-hydrogen) atoms. The van der Waals surface area contributed by atoms with Gasteiger partial charge < -0.3 is 21.1 Å². The molecule has 4 N–H and O–H groups in total. The fourth-order valence-electron chi connectivity index (χ4n) is 2.08. The molecule has 0 radical (unpaired) electrons. The van der Waals surface area contributed by atoms with Crippen molar-refractivity contribution in [1.82, 2.24) is 5.32 Å². The quantitative estimate of drug-likeness (QED) is 0.782. The number of ether oxygens (including phenoxy) is 1. The Labute approximate surface area is 129 Å². The first-order valence-corrected chi connectivity index (χ1v) is 6.66. The van der Waals surface area contributed by atoms with Gasteiger partial charge in [-0.05, 0) is 31.0 Å². The van der Waals surface area contributed by atoms with E-state index in [0.29, 0.717) is 17.9 Å². The van der Waals surface area contributed by atoms with Crippen molar-refractivity contribution in [2.75, 3.05) is 11.9 Å². The first-order valence-electron chi connectivity index (χ1n) is 6.66. The first-order chi connectivity index (χ1) is 9.55. The number of rotatable bonds is 4. The number of benzene rings is 1. The van der Waals surface area contributed by atoms with Crippen LogP contribution in [0, 0.1) is 0 Å². The van der Waals surface area contributed by atoms with Crippen LogP contribution in [-0.4, -0.2) is 24.5 Å². The van der Waals surface area contributed by atoms with Crippen molar-refractivity contribution < 1.29 is 14.3 Å². The summed E-state index contributed by atoms with van der Waals surface area (Å²) in [7, 11) is 0. The molecule has 116 valence electrons. The Morgan fingerprint density at radius 2 is 2.24 bits per heavy atom. The van der Waals surface area contributed by atoms with Gasteiger partial charge in [0.2, 0.25) is 5.91 Å². The van der Waals surface area contributed by atoms with Crippen molar-refractivity contribution in [2.45, 2.75) is 32.4 Å². The predicted molar refractivity (Wildman–Crippen MR) is 82.6 cm³/mol. The van der Waals surface area contributed by atoms with Crippen LogP contribution >= 0.6 is 12.4 Å². The van der Waals surface area contributed by atoms with Gasteiger partial charge in [0.1, 0.15) is 5.75 Å². The molecule has 0 saturated carbocycles. The molecule has 0 bridgehead atoms. The highest BCUT2D eigenvalue weighted by molar-refractivity contribution is 5.97. The fourth-order valence-corrected chi connectivity index (χ4v) is 2.08. The number of fused-ring (bicyclic) bond motifs is 1. The number of nitrogens with two attached hydrogens (primary N) is 1. The summed E-state index contributed by atoms with van der Waals surface area (Å²) in [6.45, 7) is 3.72. The highest BCUT2D eigenvalue weighted by atomic mass is 35.5. The Hall–Kier alpha value is -1.79. The molecular weight excluding hydrogens is 294 g/mol. The lowest BCUT2D eigenvalue weighted by atomic mass is 10.1. The van der Waals surface area contributed by atoms with E-state index in [1.165, 1.54) is 0 Å². The summed E-state index contributed by atoms with van der Waals surface area (Å²) >= 11 is 0. The highest BCUT2D eigenvalue weighted by Gasteiger charge is 2.26. The van der Waals surface area contributed by atoms with Crippen LogP contribution in [0.25, 0.3) is 0 Å². The summed E-state index contributed by atoms with van der Waals surface area (Å²) < 4.78 is 5.67. The van der Waals surface area contributed by atoms with Crippen LogP contribution in [0.15, 0.2) is 18.2 Å². The third-order valence-electron chi connectivity index (χ3n) is 3.26. The largest absolute Gasteiger partial charge is 0.478 e. The lowest BCUT2D eigenvalue weighted by Gasteiger charge is -2.26. The van der Waals surface area contributed by atoms with Crippen molar-refractivity contribution in [2.24, 2.45) is 5.73 Å². The molecule has 1 heterocycles. The molecule has 0 aliphatic carbocycles. The minimum Gasteiger partial charge on any atom is -0.478 e. The Kier molecular flexibility index (Phi) is 5.99. The van der Waals surface area contributed by atoms with Gasteiger partial charge in [0, 0.05) is 0 Å². The number of carbonyl (C=O) groups is 2. The van der Waals surface area contributed by atoms with Crippen LogP contribution in [0.5, 0.6) is 5.75 Å². The molecule has 2 atom stereocenters. The molecule has 7 heteroatoms. The van der Waals surface area contributed by atoms with Crippen molar-refractivity contribution in [3.8, 4) is 5.75 Å². The van der Waals surface area contributed by atoms with Crippen LogP contribution in [-0.2, 0) is 9.59 Å². The van der Waals surface area contributed by atoms with E-state index >= 15 is 0 Å². The van der Waals surface area contributed by atoms with E-state index < -0.39 is 6.10 Å². The minimum absolute atomic E-state index is 0. The summed E-state index contributed by atoms with van der Waals surface area (Å²) in [6.07, 6.45) is 0.140. The number of amides is 2. The van der Waals surface area contributed by atoms with E-state index in [2.05, 4.69) is 10.6 Å². The average molecular weight is 314 g/mol. The lowest BCUT2D eigenvalue weighted by molar-refractivity contribution is -0.123. The maximum atomic E-state index is 11.7. The first kappa shape index (κ1) is 17.3. The molecule has 2 rings (SSSR count). The molecule has 0 spiro atoms. The zero-order valence-corrected chi connectivity index (χ0v) is 12.8. The third kappa shape index (κ3) is 3.86. The second kappa shape index (κ2) is 7.28. The lowest BCUT2D eigenvalue weighted by Crippen LogP contribution is -2.36. The molecule has 1 aromatic carbocycles. The van der Waals surface area contributed by atoms with Gasteiger partial charge in [-0.1, -0.05) is 13.0 Å². The number of halogens is 1. The maximum absolute atomic E-state index is 11.7. The molecule has 0 saturated heterocycles. The molecule has 1 aliphatic rings. The summed E-state index contributed by atoms with van der Waals surface area (Å²) in [6, 6.07) is 5.28. The maximum Gasteiger partial charge on any atom is 0.265 e. The van der Waals surface area contributed by atoms with Gasteiger partial charge in [-0.3, -0.25) is 9.59 Å². The van der Waals surface area contributed by atoms with Crippen molar-refractivity contribution in [3.05, 3.63) is 23.8 Å². The minimum atomic E-state index is -0.466. The topological polar surface area (TPSA) is 93.4 Å². The Morgan fingerprint density at radius 3 is 2.86 bits per heavy atom. The summed E-state index contributed by atoms with van der Waals surface area (Å²) in [4.78, 5) is 23.0. The molecule has 2 unspecified atom stereocenters. The standard InChI is InChI=1S/C14H19N3O3.ClH/c1-3-11-14(19)17-10-5-4-9(6-12(10)20-11)8(2)16-13(18)7-15;/h4-6,8,11H,3,7,15H2,1-2H3,(H,16,18)(H,17,19);1H. The van der Waals surface area contributed by atoms with Gasteiger partial charge in [0.05, 0.1) is 18.3 Å². The molecular formula is C14H20ClN3O3. The van der Waals surface area contributed by atoms with Gasteiger partial charge in [0.15, 0.2) is 6.10 Å².